The minimum absolute atomic E-state index is 0. The van der Waals surface area contributed by atoms with Crippen molar-refractivity contribution in [1.82, 2.24) is 0 Å². The van der Waals surface area contributed by atoms with Gasteiger partial charge in [-0.3, -0.25) is 0 Å². The average molecular weight is 182 g/mol. The third-order valence-electron chi connectivity index (χ3n) is 0. The second-order valence-electron chi connectivity index (χ2n) is 0.396. The van der Waals surface area contributed by atoms with Gasteiger partial charge in [-0.2, -0.15) is 14.0 Å². The molecular weight excluding hydrogens is 179 g/mol. The van der Waals surface area contributed by atoms with Crippen LogP contribution in [0.5, 0.6) is 0 Å². The first-order chi connectivity index (χ1) is 2.00. The van der Waals surface area contributed by atoms with Crippen molar-refractivity contribution in [2.75, 3.05) is 0 Å². The number of halogens is 1. The first-order valence-electron chi connectivity index (χ1n) is 0.632. The second-order valence-corrected chi connectivity index (χ2v) is 1.19. The molecule has 3 N–H and O–H groups in total. The monoisotopic (exact) mass is 181 g/mol. The van der Waals surface area contributed by atoms with Gasteiger partial charge in [0.25, 0.3) is 0 Å². The van der Waals surface area contributed by atoms with E-state index in [1.807, 2.05) is 0 Å². The smallest absolute Gasteiger partial charge is 0.0777 e. The summed E-state index contributed by atoms with van der Waals surface area (Å²) in [5.41, 5.74) is 0. The van der Waals surface area contributed by atoms with Crippen LogP contribution in [-0.2, 0) is 17.1 Å². The zero-order valence-corrected chi connectivity index (χ0v) is 4.55. The molecule has 7 heavy (non-hydrogen) atoms. The summed E-state index contributed by atoms with van der Waals surface area (Å²) in [5, 5.41) is 0. The van der Waals surface area contributed by atoms with Gasteiger partial charge < -0.3 is 5.48 Å². The molecule has 0 aliphatic heterocycles. The molecule has 0 fully saturated rings. The zero-order chi connectivity index (χ0) is 4.50. The average Bonchev–Trinajstić information content (AvgIpc) is 0.722. The number of hydrogen-bond donors (Lipinski definition) is 1. The van der Waals surface area contributed by atoms with Crippen LogP contribution in [0.1, 0.15) is 0 Å². The van der Waals surface area contributed by atoms with Gasteiger partial charge in [-0.25, -0.2) is 0 Å². The van der Waals surface area contributed by atoms with Crippen LogP contribution < -0.4 is 14.0 Å². The summed E-state index contributed by atoms with van der Waals surface area (Å²) in [4.78, 5) is 0. The van der Waals surface area contributed by atoms with Gasteiger partial charge in [0.15, 0.2) is 0 Å². The molecule has 0 aromatic rings. The predicted molar refractivity (Wildman–Crippen MR) is 5.83 cm³/mol. The normalized spacial score (nSPS) is 8.57. The Balaban J connectivity index is -0.0000000800. The molecule has 5 nitrogen and oxygen atoms in total. The molecule has 0 aromatic heterocycles. The van der Waals surface area contributed by atoms with E-state index >= 15 is 0 Å². The molecule has 0 unspecified atom stereocenters. The van der Waals surface area contributed by atoms with E-state index in [9.17, 15) is 0 Å². The van der Waals surface area contributed by atoms with Crippen molar-refractivity contribution in [3.63, 3.8) is 0 Å². The Morgan fingerprint density at radius 2 is 1.14 bits per heavy atom. The topological polar surface area (TPSA) is 121 Å². The fourth-order valence-corrected chi connectivity index (χ4v) is 0. The van der Waals surface area contributed by atoms with Gasteiger partial charge in [0.1, 0.15) is 0 Å². The molecule has 0 heterocycles. The van der Waals surface area contributed by atoms with Gasteiger partial charge >= 0.3 is 0 Å². The molecule has 0 atom stereocenters. The van der Waals surface area contributed by atoms with E-state index in [-0.39, 0.29) is 22.5 Å². The van der Waals surface area contributed by atoms with Crippen LogP contribution in [0.3, 0.4) is 0 Å². The second kappa shape index (κ2) is 4.76. The fourth-order valence-electron chi connectivity index (χ4n) is 0. The van der Waals surface area contributed by atoms with E-state index in [0.717, 1.165) is 0 Å². The van der Waals surface area contributed by atoms with Gasteiger partial charge in [0.05, 0.1) is 14.9 Å². The number of rotatable bonds is 0. The Bertz CT molecular complexity index is 23.6. The van der Waals surface area contributed by atoms with Crippen molar-refractivity contribution in [2.24, 2.45) is 0 Å². The Morgan fingerprint density at radius 1 is 1.14 bits per heavy atom. The maximum Gasteiger partial charge on any atom is 0.0777 e. The predicted octanol–water partition coefficient (Wildman–Crippen LogP) is -4.95. The van der Waals surface area contributed by atoms with Crippen LogP contribution in [0.25, 0.3) is 0 Å². The molecule has 1 radical (unpaired) electrons. The molecule has 0 aliphatic rings. The Kier molecular flexibility index (Phi) is 10.6. The molecule has 51 valence electrons. The third-order valence-corrected chi connectivity index (χ3v) is 0. The van der Waals surface area contributed by atoms with Gasteiger partial charge in [-0.15, -0.1) is 0 Å². The SMILES string of the molecule is O.[Cu].[O-][Cl+3]([O-])([O-])O. The maximum absolute atomic E-state index is 8.60. The Hall–Kier alpha value is 0.609. The quantitative estimate of drug-likeness (QED) is 0.377. The van der Waals surface area contributed by atoms with Crippen molar-refractivity contribution in [1.29, 1.82) is 0 Å². The van der Waals surface area contributed by atoms with Crippen molar-refractivity contribution in [3.05, 3.63) is 0 Å². The van der Waals surface area contributed by atoms with Crippen LogP contribution in [0.2, 0.25) is 0 Å². The van der Waals surface area contributed by atoms with Gasteiger partial charge in [0, 0.05) is 17.1 Å². The van der Waals surface area contributed by atoms with Crippen LogP contribution >= 0.6 is 0 Å². The number of hydrogen-bond acceptors (Lipinski definition) is 4. The molecule has 0 aliphatic carbocycles. The van der Waals surface area contributed by atoms with Crippen molar-refractivity contribution < 1.29 is 51.4 Å². The standard InChI is InChI=1S/ClHO4.Cu.H2O/c2-1(3,4)5;;/h(H,2,3,4,5);;1H2. The van der Waals surface area contributed by atoms with E-state index in [1.54, 1.807) is 0 Å². The summed E-state index contributed by atoms with van der Waals surface area (Å²) in [6, 6.07) is 0. The summed E-state index contributed by atoms with van der Waals surface area (Å²) < 4.78 is 32.7. The molecule has 0 saturated heterocycles. The summed E-state index contributed by atoms with van der Waals surface area (Å²) in [7, 11) is -4.69. The van der Waals surface area contributed by atoms with E-state index in [0.29, 0.717) is 0 Å². The molecule has 0 bridgehead atoms. The van der Waals surface area contributed by atoms with Crippen LogP contribution in [0.4, 0.5) is 0 Å². The van der Waals surface area contributed by atoms with Gasteiger partial charge in [0.2, 0.25) is 0 Å². The first-order valence-corrected chi connectivity index (χ1v) is 1.90. The molecule has 0 spiro atoms. The minimum Gasteiger partial charge on any atom is -0.412 e. The van der Waals surface area contributed by atoms with Gasteiger partial charge in [-0.05, 0) is 0 Å². The molecule has 0 aromatic carbocycles. The largest absolute Gasteiger partial charge is 0.412 e. The molecule has 0 saturated carbocycles. The molecule has 0 amide bonds. The first kappa shape index (κ1) is 15.6. The van der Waals surface area contributed by atoms with Crippen molar-refractivity contribution in [3.8, 4) is 0 Å². The zero-order valence-electron chi connectivity index (χ0n) is 2.85. The van der Waals surface area contributed by atoms with Crippen molar-refractivity contribution >= 4 is 0 Å². The maximum atomic E-state index is 8.60. The van der Waals surface area contributed by atoms with E-state index in [2.05, 4.69) is 0 Å². The Labute approximate surface area is 52.1 Å². The summed E-state index contributed by atoms with van der Waals surface area (Å²) in [6.07, 6.45) is 0. The molecule has 7 heteroatoms. The fraction of sp³-hybridized carbons (Fsp3) is 0. The summed E-state index contributed by atoms with van der Waals surface area (Å²) >= 11 is 0. The van der Waals surface area contributed by atoms with Crippen LogP contribution in [0.15, 0.2) is 0 Å². The molecular formula is H3ClCuO5. The Morgan fingerprint density at radius 3 is 1.14 bits per heavy atom. The third kappa shape index (κ3) is 378. The van der Waals surface area contributed by atoms with Crippen LogP contribution in [-0.4, -0.2) is 10.1 Å². The summed E-state index contributed by atoms with van der Waals surface area (Å²) in [5.74, 6) is 0. The van der Waals surface area contributed by atoms with Gasteiger partial charge in [-0.1, -0.05) is 0 Å². The van der Waals surface area contributed by atoms with E-state index in [1.165, 1.54) is 0 Å². The van der Waals surface area contributed by atoms with Crippen molar-refractivity contribution in [2.45, 2.75) is 0 Å². The van der Waals surface area contributed by atoms with Crippen LogP contribution in [0, 0.1) is 10.2 Å². The van der Waals surface area contributed by atoms with E-state index in [4.69, 9.17) is 18.6 Å². The van der Waals surface area contributed by atoms with E-state index < -0.39 is 10.2 Å². The summed E-state index contributed by atoms with van der Waals surface area (Å²) in [6.45, 7) is 0. The minimum atomic E-state index is -4.69. The molecule has 0 rings (SSSR count).